The lowest BCUT2D eigenvalue weighted by molar-refractivity contribution is 0.0538. The number of nitrogens with zero attached hydrogens (tertiary/aromatic N) is 1. The fourth-order valence-electron chi connectivity index (χ4n) is 2.78. The zero-order valence-electron chi connectivity index (χ0n) is 19.4. The first-order chi connectivity index (χ1) is 16.2. The van der Waals surface area contributed by atoms with Crippen LogP contribution in [0.1, 0.15) is 67.2 Å². The van der Waals surface area contributed by atoms with Crippen molar-refractivity contribution in [1.29, 1.82) is 0 Å². The number of pyridine rings is 1. The zero-order chi connectivity index (χ0) is 25.1. The fourth-order valence-corrected chi connectivity index (χ4v) is 3.76. The van der Waals surface area contributed by atoms with E-state index in [9.17, 15) is 22.8 Å². The molecule has 2 N–H and O–H groups in total. The van der Waals surface area contributed by atoms with E-state index >= 15 is 0 Å². The Morgan fingerprint density at radius 1 is 0.941 bits per heavy atom. The molecule has 2 amide bonds. The molecule has 1 heterocycles. The van der Waals surface area contributed by atoms with Crippen LogP contribution in [0.2, 0.25) is 0 Å². The summed E-state index contributed by atoms with van der Waals surface area (Å²) in [6.45, 7) is 6.29. The predicted octanol–water partition coefficient (Wildman–Crippen LogP) is 3.43. The van der Waals surface area contributed by atoms with Gasteiger partial charge in [0.25, 0.3) is 21.8 Å². The van der Waals surface area contributed by atoms with Gasteiger partial charge in [-0.2, -0.15) is 0 Å². The highest BCUT2D eigenvalue weighted by molar-refractivity contribution is 7.90. The molecular formula is C23H29N3O7S. The third-order valence-corrected chi connectivity index (χ3v) is 6.18. The molecule has 0 aliphatic rings. The van der Waals surface area contributed by atoms with Crippen molar-refractivity contribution in [2.45, 2.75) is 57.5 Å². The Morgan fingerprint density at radius 2 is 1.59 bits per heavy atom. The van der Waals surface area contributed by atoms with E-state index in [-0.39, 0.29) is 28.4 Å². The molecule has 0 fully saturated rings. The van der Waals surface area contributed by atoms with E-state index in [0.717, 1.165) is 19.0 Å². The van der Waals surface area contributed by atoms with Crippen molar-refractivity contribution >= 4 is 28.0 Å². The van der Waals surface area contributed by atoms with Gasteiger partial charge in [-0.05, 0) is 49.6 Å². The Labute approximate surface area is 199 Å². The van der Waals surface area contributed by atoms with E-state index in [0.29, 0.717) is 24.9 Å². The zero-order valence-corrected chi connectivity index (χ0v) is 20.2. The van der Waals surface area contributed by atoms with E-state index in [2.05, 4.69) is 10.3 Å². The molecule has 34 heavy (non-hydrogen) atoms. The minimum absolute atomic E-state index is 0.0591. The molecule has 2 aromatic rings. The van der Waals surface area contributed by atoms with Gasteiger partial charge in [-0.1, -0.05) is 27.2 Å². The van der Waals surface area contributed by atoms with Crippen molar-refractivity contribution in [1.82, 2.24) is 15.0 Å². The van der Waals surface area contributed by atoms with Crippen LogP contribution in [0.4, 0.5) is 4.79 Å². The number of benzene rings is 1. The number of aromatic nitrogens is 1. The summed E-state index contributed by atoms with van der Waals surface area (Å²) >= 11 is 0. The minimum Gasteiger partial charge on any atom is -0.431 e. The van der Waals surface area contributed by atoms with Crippen molar-refractivity contribution in [3.8, 4) is 5.88 Å². The van der Waals surface area contributed by atoms with Gasteiger partial charge in [-0.3, -0.25) is 9.59 Å². The lowest BCUT2D eigenvalue weighted by atomic mass is 10.2. The van der Waals surface area contributed by atoms with Crippen molar-refractivity contribution in [2.75, 3.05) is 6.54 Å². The number of ether oxygens (including phenoxy) is 2. The summed E-state index contributed by atoms with van der Waals surface area (Å²) in [6, 6.07) is 7.74. The summed E-state index contributed by atoms with van der Waals surface area (Å²) in [7, 11) is -4.18. The maximum Gasteiger partial charge on any atom is 0.515 e. The summed E-state index contributed by atoms with van der Waals surface area (Å²) in [6.07, 6.45) is 2.95. The van der Waals surface area contributed by atoms with Crippen LogP contribution < -0.4 is 14.8 Å². The first kappa shape index (κ1) is 26.8. The third kappa shape index (κ3) is 7.84. The standard InChI is InChI=1S/C23H29N3O7S/c1-4-7-14-24-21(27)16-8-11-19(12-9-16)34(30,31)26-22(28)17-10-13-20(25-15-17)33-23(29)32-18(5-2)6-3/h8-13,15,18H,4-7,14H2,1-3H3,(H,24,27)(H,26,28). The summed E-state index contributed by atoms with van der Waals surface area (Å²) in [4.78, 5) is 39.9. The summed E-state index contributed by atoms with van der Waals surface area (Å²) in [5, 5.41) is 2.74. The largest absolute Gasteiger partial charge is 0.515 e. The highest BCUT2D eigenvalue weighted by atomic mass is 32.2. The van der Waals surface area contributed by atoms with Crippen LogP contribution in [0.3, 0.4) is 0 Å². The van der Waals surface area contributed by atoms with Crippen LogP contribution in [0, 0.1) is 0 Å². The van der Waals surface area contributed by atoms with Crippen LogP contribution in [0.25, 0.3) is 0 Å². The SMILES string of the molecule is CCCCNC(=O)c1ccc(S(=O)(=O)NC(=O)c2ccc(OC(=O)OC(CC)CC)nc2)cc1. The van der Waals surface area contributed by atoms with E-state index in [1.54, 1.807) is 0 Å². The van der Waals surface area contributed by atoms with Gasteiger partial charge in [0, 0.05) is 24.4 Å². The Balaban J connectivity index is 1.99. The highest BCUT2D eigenvalue weighted by Crippen LogP contribution is 2.14. The molecule has 184 valence electrons. The molecule has 0 aliphatic heterocycles. The molecule has 0 saturated heterocycles. The monoisotopic (exact) mass is 491 g/mol. The van der Waals surface area contributed by atoms with Crippen LogP contribution >= 0.6 is 0 Å². The van der Waals surface area contributed by atoms with Gasteiger partial charge in [0.15, 0.2) is 0 Å². The average molecular weight is 492 g/mol. The Bertz CT molecular complexity index is 1080. The second kappa shape index (κ2) is 12.7. The third-order valence-electron chi connectivity index (χ3n) is 4.83. The van der Waals surface area contributed by atoms with Gasteiger partial charge >= 0.3 is 6.16 Å². The van der Waals surface area contributed by atoms with Gasteiger partial charge in [0.1, 0.15) is 6.10 Å². The minimum atomic E-state index is -4.18. The molecule has 10 nitrogen and oxygen atoms in total. The number of nitrogens with one attached hydrogen (secondary N) is 2. The molecule has 1 aromatic carbocycles. The quantitative estimate of drug-likeness (QED) is 0.360. The number of hydrogen-bond donors (Lipinski definition) is 2. The molecule has 0 spiro atoms. The van der Waals surface area contributed by atoms with Crippen molar-refractivity contribution in [3.05, 3.63) is 53.7 Å². The second-order valence-electron chi connectivity index (χ2n) is 7.36. The smallest absolute Gasteiger partial charge is 0.431 e. The van der Waals surface area contributed by atoms with Gasteiger partial charge < -0.3 is 14.8 Å². The number of carbonyl (C=O) groups is 3. The van der Waals surface area contributed by atoms with Crippen molar-refractivity contribution in [2.24, 2.45) is 0 Å². The number of rotatable bonds is 11. The Hall–Kier alpha value is -3.47. The molecule has 2 rings (SSSR count). The molecule has 0 atom stereocenters. The molecule has 0 unspecified atom stereocenters. The van der Waals surface area contributed by atoms with E-state index in [4.69, 9.17) is 9.47 Å². The number of amides is 2. The summed E-state index contributed by atoms with van der Waals surface area (Å²) in [5.74, 6) is -1.32. The van der Waals surface area contributed by atoms with E-state index in [1.807, 2.05) is 25.5 Å². The molecule has 0 bridgehead atoms. The van der Waals surface area contributed by atoms with Crippen LogP contribution in [-0.4, -0.2) is 44.0 Å². The molecule has 0 radical (unpaired) electrons. The average Bonchev–Trinajstić information content (AvgIpc) is 2.82. The number of unbranched alkanes of at least 4 members (excludes halogenated alkanes) is 1. The van der Waals surface area contributed by atoms with Crippen LogP contribution in [-0.2, 0) is 14.8 Å². The van der Waals surface area contributed by atoms with Crippen molar-refractivity contribution < 1.29 is 32.3 Å². The Morgan fingerprint density at radius 3 is 2.15 bits per heavy atom. The first-order valence-electron chi connectivity index (χ1n) is 11.0. The molecule has 0 aliphatic carbocycles. The molecule has 11 heteroatoms. The summed E-state index contributed by atoms with van der Waals surface area (Å²) < 4.78 is 37.1. The molecule has 0 saturated carbocycles. The number of sulfonamides is 1. The first-order valence-corrected chi connectivity index (χ1v) is 12.5. The van der Waals surface area contributed by atoms with Gasteiger partial charge in [-0.25, -0.2) is 22.9 Å². The van der Waals surface area contributed by atoms with Gasteiger partial charge in [-0.15, -0.1) is 0 Å². The normalized spacial score (nSPS) is 11.1. The van der Waals surface area contributed by atoms with E-state index in [1.165, 1.54) is 36.4 Å². The predicted molar refractivity (Wildman–Crippen MR) is 124 cm³/mol. The lowest BCUT2D eigenvalue weighted by Gasteiger charge is -2.13. The van der Waals surface area contributed by atoms with Gasteiger partial charge in [0.2, 0.25) is 5.88 Å². The van der Waals surface area contributed by atoms with Crippen molar-refractivity contribution in [3.63, 3.8) is 0 Å². The van der Waals surface area contributed by atoms with Crippen LogP contribution in [0.5, 0.6) is 5.88 Å². The highest BCUT2D eigenvalue weighted by Gasteiger charge is 2.20. The maximum atomic E-state index is 12.5. The van der Waals surface area contributed by atoms with Crippen LogP contribution in [0.15, 0.2) is 47.5 Å². The van der Waals surface area contributed by atoms with Gasteiger partial charge in [0.05, 0.1) is 10.5 Å². The van der Waals surface area contributed by atoms with E-state index < -0.39 is 22.1 Å². The number of carbonyl (C=O) groups excluding carboxylic acids is 3. The lowest BCUT2D eigenvalue weighted by Crippen LogP contribution is -2.30. The second-order valence-corrected chi connectivity index (χ2v) is 9.04. The fraction of sp³-hybridized carbons (Fsp3) is 0.391. The Kier molecular flexibility index (Phi) is 9.99. The molecule has 1 aromatic heterocycles. The number of hydrogen-bond acceptors (Lipinski definition) is 8. The summed E-state index contributed by atoms with van der Waals surface area (Å²) in [5.41, 5.74) is 0.250. The maximum absolute atomic E-state index is 12.5. The molecular weight excluding hydrogens is 462 g/mol. The topological polar surface area (TPSA) is 141 Å².